The Hall–Kier alpha value is -2.86. The van der Waals surface area contributed by atoms with Crippen LogP contribution in [0.3, 0.4) is 0 Å². The predicted molar refractivity (Wildman–Crippen MR) is 121 cm³/mol. The van der Waals surface area contributed by atoms with Crippen LogP contribution in [0.15, 0.2) is 65.2 Å². The molecule has 0 saturated heterocycles. The molecule has 3 N–H and O–H groups in total. The lowest BCUT2D eigenvalue weighted by Crippen LogP contribution is -2.38. The van der Waals surface area contributed by atoms with Crippen molar-refractivity contribution in [3.63, 3.8) is 0 Å². The van der Waals surface area contributed by atoms with Gasteiger partial charge in [-0.25, -0.2) is 9.20 Å². The van der Waals surface area contributed by atoms with Crippen molar-refractivity contribution in [3.05, 3.63) is 71.3 Å². The van der Waals surface area contributed by atoms with Gasteiger partial charge in [0.25, 0.3) is 0 Å². The Balaban J connectivity index is 2.05. The molecule has 6 nitrogen and oxygen atoms in total. The minimum absolute atomic E-state index is 0.433. The summed E-state index contributed by atoms with van der Waals surface area (Å²) in [6, 6.07) is 19.2. The second-order valence-corrected chi connectivity index (χ2v) is 8.28. The van der Waals surface area contributed by atoms with E-state index in [1.54, 1.807) is 19.2 Å². The number of nitrogens with two attached hydrogens (primary N) is 1. The minimum atomic E-state index is -0.437. The molecule has 29 heavy (non-hydrogen) atoms. The van der Waals surface area contributed by atoms with E-state index in [4.69, 9.17) is 15.5 Å². The largest absolute Gasteiger partial charge is 0.399 e. The van der Waals surface area contributed by atoms with E-state index in [9.17, 15) is 9.47 Å². The van der Waals surface area contributed by atoms with Crippen molar-refractivity contribution < 1.29 is 8.95 Å². The molecule has 0 bridgehead atoms. The highest BCUT2D eigenvalue weighted by atomic mass is 32.2. The average molecular weight is 425 g/mol. The van der Waals surface area contributed by atoms with Gasteiger partial charge in [0.1, 0.15) is 17.3 Å². The molecule has 1 aliphatic rings. The highest BCUT2D eigenvalue weighted by Gasteiger charge is 2.28. The number of aliphatic imine (C=N–C) groups is 1. The molecule has 8 heteroatoms. The van der Waals surface area contributed by atoms with Crippen LogP contribution in [-0.4, -0.2) is 33.3 Å². The summed E-state index contributed by atoms with van der Waals surface area (Å²) in [7, 11) is 1.59. The first kappa shape index (κ1) is 20.9. The maximum Gasteiger partial charge on any atom is 0.135 e. The third kappa shape index (κ3) is 5.15. The van der Waals surface area contributed by atoms with E-state index in [2.05, 4.69) is 11.4 Å². The van der Waals surface area contributed by atoms with E-state index in [0.717, 1.165) is 11.1 Å². The zero-order chi connectivity index (χ0) is 20.6. The molecule has 2 aromatic carbocycles. The van der Waals surface area contributed by atoms with E-state index < -0.39 is 5.37 Å². The third-order valence-electron chi connectivity index (χ3n) is 4.21. The standard InChI is InChI=1S/C21H20N4O2S2/c1-27-12-11-18(29-26)28-21-17(13-22)19(14-5-3-2-4-6-14)24-20(25-21)15-7-9-16(23)10-8-15/h2-10,21H,11-12,23H2,1H3,(H,24,25). The normalized spacial score (nSPS) is 15.9. The van der Waals surface area contributed by atoms with E-state index in [0.29, 0.717) is 51.3 Å². The zero-order valence-corrected chi connectivity index (χ0v) is 17.4. The second-order valence-electron chi connectivity index (χ2n) is 6.16. The maximum atomic E-state index is 11.6. The lowest BCUT2D eigenvalue weighted by atomic mass is 10.0. The van der Waals surface area contributed by atoms with Crippen LogP contribution in [0.5, 0.6) is 0 Å². The van der Waals surface area contributed by atoms with Gasteiger partial charge < -0.3 is 15.8 Å². The summed E-state index contributed by atoms with van der Waals surface area (Å²) in [6.07, 6.45) is 0.501. The number of ether oxygens (including phenoxy) is 1. The molecule has 1 heterocycles. The Morgan fingerprint density at radius 1 is 1.21 bits per heavy atom. The molecule has 2 aromatic rings. The minimum Gasteiger partial charge on any atom is -0.399 e. The van der Waals surface area contributed by atoms with Crippen molar-refractivity contribution >= 4 is 44.4 Å². The van der Waals surface area contributed by atoms with Gasteiger partial charge in [-0.2, -0.15) is 5.26 Å². The van der Waals surface area contributed by atoms with E-state index in [1.165, 1.54) is 11.8 Å². The number of anilines is 1. The number of thioether (sulfide) groups is 1. The number of hydrogen-bond acceptors (Lipinski definition) is 7. The van der Waals surface area contributed by atoms with Crippen molar-refractivity contribution in [1.82, 2.24) is 5.32 Å². The fourth-order valence-corrected chi connectivity index (χ4v) is 4.30. The molecule has 3 rings (SSSR count). The highest BCUT2D eigenvalue weighted by Crippen LogP contribution is 2.32. The number of nitriles is 1. The fraction of sp³-hybridized carbons (Fsp3) is 0.190. The third-order valence-corrected chi connectivity index (χ3v) is 6.15. The van der Waals surface area contributed by atoms with Crippen LogP contribution in [0.25, 0.3) is 5.70 Å². The summed E-state index contributed by atoms with van der Waals surface area (Å²) < 4.78 is 17.3. The van der Waals surface area contributed by atoms with Crippen LogP contribution >= 0.6 is 11.8 Å². The average Bonchev–Trinajstić information content (AvgIpc) is 2.77. The summed E-state index contributed by atoms with van der Waals surface area (Å²) in [5.74, 6) is 0.627. The van der Waals surface area contributed by atoms with Gasteiger partial charge in [-0.1, -0.05) is 42.1 Å². The van der Waals surface area contributed by atoms with Gasteiger partial charge in [-0.3, -0.25) is 0 Å². The van der Waals surface area contributed by atoms with Gasteiger partial charge >= 0.3 is 0 Å². The number of amidine groups is 1. The van der Waals surface area contributed by atoms with Gasteiger partial charge in [0.15, 0.2) is 0 Å². The molecule has 148 valence electrons. The highest BCUT2D eigenvalue weighted by molar-refractivity contribution is 8.21. The Bertz CT molecular complexity index is 1020. The second kappa shape index (κ2) is 10.1. The smallest absolute Gasteiger partial charge is 0.135 e. The molecule has 0 aromatic heterocycles. The van der Waals surface area contributed by atoms with E-state index >= 15 is 0 Å². The molecule has 0 spiro atoms. The number of nitrogens with zero attached hydrogens (tertiary/aromatic N) is 2. The summed E-state index contributed by atoms with van der Waals surface area (Å²) in [5.41, 5.74) is 9.23. The topological polar surface area (TPSA) is 100 Å². The van der Waals surface area contributed by atoms with Crippen LogP contribution in [0.1, 0.15) is 17.5 Å². The van der Waals surface area contributed by atoms with Gasteiger partial charge in [0, 0.05) is 30.3 Å². The lowest BCUT2D eigenvalue weighted by molar-refractivity contribution is 0.208. The monoisotopic (exact) mass is 424 g/mol. The number of nitrogen functional groups attached to an aromatic ring is 1. The molecule has 0 radical (unpaired) electrons. The molecule has 0 amide bonds. The van der Waals surface area contributed by atoms with Gasteiger partial charge in [0.05, 0.1) is 33.3 Å². The quantitative estimate of drug-likeness (QED) is 0.546. The van der Waals surface area contributed by atoms with Gasteiger partial charge in [0.2, 0.25) is 0 Å². The van der Waals surface area contributed by atoms with Crippen LogP contribution < -0.4 is 11.1 Å². The van der Waals surface area contributed by atoms with E-state index in [-0.39, 0.29) is 0 Å². The number of benzene rings is 2. The first-order valence-corrected chi connectivity index (χ1v) is 10.5. The molecule has 1 atom stereocenters. The number of rotatable bonds is 6. The van der Waals surface area contributed by atoms with Gasteiger partial charge in [-0.05, 0) is 24.3 Å². The molecule has 0 fully saturated rings. The Kier molecular flexibility index (Phi) is 7.25. The first-order chi connectivity index (χ1) is 14.2. The van der Waals surface area contributed by atoms with Gasteiger partial charge in [-0.15, -0.1) is 0 Å². The number of methoxy groups -OCH3 is 1. The van der Waals surface area contributed by atoms with Crippen LogP contribution in [-0.2, 0) is 16.0 Å². The van der Waals surface area contributed by atoms with Crippen molar-refractivity contribution in [1.29, 1.82) is 5.26 Å². The Morgan fingerprint density at radius 2 is 1.93 bits per heavy atom. The molecule has 0 saturated carbocycles. The molecule has 1 aliphatic heterocycles. The molecular weight excluding hydrogens is 404 g/mol. The Labute approximate surface area is 177 Å². The fourth-order valence-electron chi connectivity index (χ4n) is 2.77. The van der Waals surface area contributed by atoms with Crippen LogP contribution in [0.4, 0.5) is 5.69 Å². The number of nitrogens with one attached hydrogen (secondary N) is 1. The zero-order valence-electron chi connectivity index (χ0n) is 15.8. The summed E-state index contributed by atoms with van der Waals surface area (Å²) in [4.78, 5) is 4.74. The van der Waals surface area contributed by atoms with Crippen LogP contribution in [0.2, 0.25) is 0 Å². The van der Waals surface area contributed by atoms with Crippen molar-refractivity contribution in [2.24, 2.45) is 4.99 Å². The first-order valence-electron chi connectivity index (χ1n) is 8.88. The summed E-state index contributed by atoms with van der Waals surface area (Å²) in [5, 5.41) is 12.8. The Morgan fingerprint density at radius 3 is 2.55 bits per heavy atom. The summed E-state index contributed by atoms with van der Waals surface area (Å²) in [6.45, 7) is 0.445. The van der Waals surface area contributed by atoms with Crippen molar-refractivity contribution in [2.75, 3.05) is 19.5 Å². The molecular formula is C21H20N4O2S2. The predicted octanol–water partition coefficient (Wildman–Crippen LogP) is 2.99. The van der Waals surface area contributed by atoms with Crippen molar-refractivity contribution in [3.8, 4) is 6.07 Å². The maximum absolute atomic E-state index is 11.6. The lowest BCUT2D eigenvalue weighted by Gasteiger charge is -2.26. The molecule has 0 aliphatic carbocycles. The van der Waals surface area contributed by atoms with Crippen LogP contribution in [0, 0.1) is 11.3 Å². The summed E-state index contributed by atoms with van der Waals surface area (Å²) >= 11 is 1.76. The van der Waals surface area contributed by atoms with E-state index in [1.807, 2.05) is 42.5 Å². The van der Waals surface area contributed by atoms with Crippen molar-refractivity contribution in [2.45, 2.75) is 11.8 Å². The molecule has 1 unspecified atom stereocenters. The SMILES string of the molecule is COCCC(SC1NC(c2ccc(N)cc2)=NC(c2ccccc2)=C1C#N)=S=O. The number of hydrogen-bond donors (Lipinski definition) is 2.